The average Bonchev–Trinajstić information content (AvgIpc) is 2.79. The molecular weight excluding hydrogens is 383 g/mol. The van der Waals surface area contributed by atoms with E-state index in [1.54, 1.807) is 6.07 Å². The van der Waals surface area contributed by atoms with Crippen molar-refractivity contribution in [3.63, 3.8) is 0 Å². The first kappa shape index (κ1) is 17.6. The van der Waals surface area contributed by atoms with Gasteiger partial charge in [0.2, 0.25) is 0 Å². The van der Waals surface area contributed by atoms with Gasteiger partial charge in [0.1, 0.15) is 11.4 Å². The third-order valence-corrected chi connectivity index (χ3v) is 8.45. The fraction of sp³-hybridized carbons (Fsp3) is 0.400. The van der Waals surface area contributed by atoms with Crippen molar-refractivity contribution in [1.82, 2.24) is 10.3 Å². The molecule has 3 aliphatic carbocycles. The third-order valence-electron chi connectivity index (χ3n) is 6.58. The van der Waals surface area contributed by atoms with Gasteiger partial charge >= 0.3 is 0 Å². The zero-order valence-electron chi connectivity index (χ0n) is 15.2. The van der Waals surface area contributed by atoms with Crippen molar-refractivity contribution in [1.29, 1.82) is 0 Å². The van der Waals surface area contributed by atoms with Crippen LogP contribution in [0.2, 0.25) is 0 Å². The van der Waals surface area contributed by atoms with Crippen LogP contribution in [0.3, 0.4) is 0 Å². The van der Waals surface area contributed by atoms with E-state index in [2.05, 4.69) is 10.3 Å². The smallest absolute Gasteiger partial charge is 0.261 e. The monoisotopic (exact) mass is 402 g/mol. The highest BCUT2D eigenvalue weighted by molar-refractivity contribution is 7.95. The van der Waals surface area contributed by atoms with Crippen LogP contribution in [-0.2, 0) is 15.3 Å². The summed E-state index contributed by atoms with van der Waals surface area (Å²) in [6.07, 6.45) is 4.38. The second-order valence-electron chi connectivity index (χ2n) is 8.31. The lowest BCUT2D eigenvalue weighted by atomic mass is 9.42. The molecule has 0 saturated heterocycles. The zero-order valence-corrected chi connectivity index (χ0v) is 16.0. The Kier molecular flexibility index (Phi) is 3.48. The minimum absolute atomic E-state index is 0.0771. The van der Waals surface area contributed by atoms with E-state index >= 15 is 0 Å². The third kappa shape index (κ3) is 2.40. The number of sulfone groups is 1. The number of H-pyrrole nitrogens is 1. The number of amides is 1. The first-order valence-corrected chi connectivity index (χ1v) is 10.9. The summed E-state index contributed by atoms with van der Waals surface area (Å²) in [4.78, 5) is 27.7. The molecule has 0 spiro atoms. The van der Waals surface area contributed by atoms with Crippen LogP contribution in [0.1, 0.15) is 42.1 Å². The Morgan fingerprint density at radius 3 is 2.54 bits per heavy atom. The molecule has 1 aliphatic heterocycles. The largest absolute Gasteiger partial charge is 0.344 e. The van der Waals surface area contributed by atoms with E-state index in [4.69, 9.17) is 0 Å². The van der Waals surface area contributed by atoms with Crippen LogP contribution in [0.25, 0.3) is 10.9 Å². The highest BCUT2D eigenvalue weighted by Gasteiger charge is 2.58. The number of rotatable bonds is 3. The van der Waals surface area contributed by atoms with Gasteiger partial charge in [0.05, 0.1) is 11.3 Å². The number of pyridine rings is 1. The Morgan fingerprint density at radius 2 is 1.96 bits per heavy atom. The van der Waals surface area contributed by atoms with Crippen molar-refractivity contribution in [2.45, 2.75) is 42.9 Å². The van der Waals surface area contributed by atoms with Crippen LogP contribution in [-0.4, -0.2) is 30.6 Å². The Hall–Kier alpha value is -2.48. The van der Waals surface area contributed by atoms with E-state index < -0.39 is 32.6 Å². The number of carbonyl (C=O) groups is 1. The predicted octanol–water partition coefficient (Wildman–Crippen LogP) is 2.15. The molecule has 1 amide bonds. The maximum absolute atomic E-state index is 14.7. The molecule has 28 heavy (non-hydrogen) atoms. The van der Waals surface area contributed by atoms with Crippen molar-refractivity contribution in [2.24, 2.45) is 5.92 Å². The molecule has 2 heterocycles. The Bertz CT molecular complexity index is 1210. The van der Waals surface area contributed by atoms with Gasteiger partial charge < -0.3 is 10.3 Å². The number of fused-ring (bicyclic) bond motifs is 1. The lowest BCUT2D eigenvalue weighted by molar-refractivity contribution is -0.0299. The summed E-state index contributed by atoms with van der Waals surface area (Å²) in [5.74, 6) is -0.302. The molecule has 2 N–H and O–H groups in total. The van der Waals surface area contributed by atoms with Crippen molar-refractivity contribution >= 4 is 26.6 Å². The second-order valence-corrected chi connectivity index (χ2v) is 10.5. The van der Waals surface area contributed by atoms with Gasteiger partial charge in [-0.05, 0) is 67.4 Å². The van der Waals surface area contributed by atoms with Gasteiger partial charge in [0.15, 0.2) is 9.84 Å². The summed E-state index contributed by atoms with van der Waals surface area (Å²) in [6.45, 7) is 1.49. The molecule has 6 rings (SSSR count). The lowest BCUT2D eigenvalue weighted by Crippen LogP contribution is -2.55. The molecule has 3 fully saturated rings. The van der Waals surface area contributed by atoms with Gasteiger partial charge in [0.25, 0.3) is 11.5 Å². The van der Waals surface area contributed by atoms with Crippen molar-refractivity contribution in [2.75, 3.05) is 0 Å². The molecule has 2 bridgehead atoms. The molecule has 8 heteroatoms. The highest BCUT2D eigenvalue weighted by Crippen LogP contribution is 2.65. The van der Waals surface area contributed by atoms with Crippen molar-refractivity contribution in [3.8, 4) is 0 Å². The maximum Gasteiger partial charge on any atom is 0.261 e. The summed E-state index contributed by atoms with van der Waals surface area (Å²) in [7, 11) is -3.40. The summed E-state index contributed by atoms with van der Waals surface area (Å²) < 4.78 is 38.2. The number of halogens is 1. The summed E-state index contributed by atoms with van der Waals surface area (Å²) >= 11 is 0. The van der Waals surface area contributed by atoms with Crippen LogP contribution in [0.5, 0.6) is 0 Å². The van der Waals surface area contributed by atoms with E-state index in [9.17, 15) is 22.4 Å². The van der Waals surface area contributed by atoms with Crippen LogP contribution in [0, 0.1) is 11.7 Å². The average molecular weight is 402 g/mol. The molecule has 2 aromatic rings. The Balaban J connectivity index is 1.48. The molecule has 1 aromatic carbocycles. The highest BCUT2D eigenvalue weighted by atomic mass is 32.2. The van der Waals surface area contributed by atoms with Crippen LogP contribution in [0.15, 0.2) is 34.5 Å². The summed E-state index contributed by atoms with van der Waals surface area (Å²) in [5.41, 5.74) is 0.310. The van der Waals surface area contributed by atoms with Gasteiger partial charge in [-0.2, -0.15) is 0 Å². The lowest BCUT2D eigenvalue weighted by Gasteiger charge is -2.62. The molecule has 0 radical (unpaired) electrons. The van der Waals surface area contributed by atoms with Crippen LogP contribution < -0.4 is 10.9 Å². The molecule has 4 aliphatic rings. The van der Waals surface area contributed by atoms with E-state index in [0.29, 0.717) is 22.4 Å². The zero-order chi connectivity index (χ0) is 19.8. The fourth-order valence-corrected chi connectivity index (χ4v) is 5.89. The predicted molar refractivity (Wildman–Crippen MR) is 102 cm³/mol. The van der Waals surface area contributed by atoms with E-state index in [1.165, 1.54) is 25.1 Å². The fourth-order valence-electron chi connectivity index (χ4n) is 4.68. The minimum Gasteiger partial charge on any atom is -0.344 e. The molecular formula is C20H19FN2O4S. The standard InChI is InChI=1S/C20H19FN2O4S/c1-10-16(2-3-28(10,26)27)22-18(24)13-4-12-5-15(21)14(6-17(12)23-19(13)25)20-7-11(8-20)9-20/h2-6,10-11,16H,7-9H2,1H3,(H,22,24)(H,23,25)/t10-,11?,16+,20?/m0/s1. The SMILES string of the molecule is C[C@H]1[C@H](NC(=O)c2cc3cc(F)c(C45CC(C4)C5)cc3[nH]c2=O)C=CS1(=O)=O. The first-order chi connectivity index (χ1) is 13.2. The van der Waals surface area contributed by atoms with E-state index in [0.717, 1.165) is 24.7 Å². The quantitative estimate of drug-likeness (QED) is 0.822. The number of hydrogen-bond donors (Lipinski definition) is 2. The van der Waals surface area contributed by atoms with Gasteiger partial charge in [-0.1, -0.05) is 0 Å². The van der Waals surface area contributed by atoms with Gasteiger partial charge in [-0.3, -0.25) is 9.59 Å². The summed E-state index contributed by atoms with van der Waals surface area (Å²) in [5, 5.41) is 3.26. The number of carbonyl (C=O) groups excluding carboxylic acids is 1. The first-order valence-electron chi connectivity index (χ1n) is 9.29. The normalized spacial score (nSPS) is 32.0. The minimum atomic E-state index is -3.40. The number of hydrogen-bond acceptors (Lipinski definition) is 4. The van der Waals surface area contributed by atoms with Gasteiger partial charge in [0, 0.05) is 16.3 Å². The molecule has 146 valence electrons. The second kappa shape index (κ2) is 5.53. The number of aromatic amines is 1. The number of aromatic nitrogens is 1. The van der Waals surface area contributed by atoms with Crippen LogP contribution in [0.4, 0.5) is 4.39 Å². The Morgan fingerprint density at radius 1 is 1.25 bits per heavy atom. The molecule has 2 atom stereocenters. The topological polar surface area (TPSA) is 96.1 Å². The van der Waals surface area contributed by atoms with Crippen molar-refractivity contribution in [3.05, 3.63) is 57.0 Å². The van der Waals surface area contributed by atoms with Gasteiger partial charge in [-0.15, -0.1) is 0 Å². The molecule has 0 unspecified atom stereocenters. The molecule has 6 nitrogen and oxygen atoms in total. The Labute approximate surface area is 160 Å². The summed E-state index contributed by atoms with van der Waals surface area (Å²) in [6, 6.07) is 3.70. The van der Waals surface area contributed by atoms with Crippen molar-refractivity contribution < 1.29 is 17.6 Å². The van der Waals surface area contributed by atoms with E-state index in [1.807, 2.05) is 0 Å². The van der Waals surface area contributed by atoms with Crippen LogP contribution >= 0.6 is 0 Å². The number of benzene rings is 1. The number of nitrogens with one attached hydrogen (secondary N) is 2. The maximum atomic E-state index is 14.7. The van der Waals surface area contributed by atoms with E-state index in [-0.39, 0.29) is 16.8 Å². The van der Waals surface area contributed by atoms with Gasteiger partial charge in [-0.25, -0.2) is 12.8 Å². The molecule has 1 aromatic heterocycles. The molecule has 3 saturated carbocycles.